The van der Waals surface area contributed by atoms with Gasteiger partial charge in [0, 0.05) is 55.4 Å². The maximum absolute atomic E-state index is 14.0. The second-order valence-corrected chi connectivity index (χ2v) is 9.81. The van der Waals surface area contributed by atoms with Gasteiger partial charge in [-0.05, 0) is 43.2 Å². The molecule has 3 heterocycles. The molecule has 0 atom stereocenters. The van der Waals surface area contributed by atoms with E-state index in [0.29, 0.717) is 49.5 Å². The van der Waals surface area contributed by atoms with Crippen LogP contribution in [0.3, 0.4) is 0 Å². The highest BCUT2D eigenvalue weighted by atomic mass is 19.1. The number of carbonyl (C=O) groups excluding carboxylic acids is 2. The Morgan fingerprint density at radius 2 is 1.63 bits per heavy atom. The van der Waals surface area contributed by atoms with Crippen LogP contribution in [0.5, 0.6) is 0 Å². The molecule has 2 aliphatic heterocycles. The number of nitrogens with zero attached hydrogens (tertiary/aromatic N) is 4. The summed E-state index contributed by atoms with van der Waals surface area (Å²) in [5.74, 6) is -0.317. The third-order valence-corrected chi connectivity index (χ3v) is 7.77. The van der Waals surface area contributed by atoms with Crippen LogP contribution in [0.1, 0.15) is 58.5 Å². The van der Waals surface area contributed by atoms with Gasteiger partial charge in [0.05, 0.1) is 11.1 Å². The molecule has 6 rings (SSSR count). The largest absolute Gasteiger partial charge is 0.368 e. The first-order valence-electron chi connectivity index (χ1n) is 12.6. The molecule has 0 bridgehead atoms. The van der Waals surface area contributed by atoms with Crippen molar-refractivity contribution in [3.63, 3.8) is 0 Å². The number of aromatic nitrogens is 1. The standard InChI is InChI=1S/C28H29FN4O2/c29-19-10-12-20(13-11-19)31-14-16-32(17-15-31)27(34)25-22-8-4-5-9-24(22)30-26-23(25)18-33(28(26)35)21-6-2-1-3-7-21/h4-5,8-13,21H,1-3,6-7,14-18H2. The maximum atomic E-state index is 14.0. The SMILES string of the molecule is O=C(c1c2c(nc3ccccc13)C(=O)N(C1CCCCC1)C2)N1CCN(c2ccc(F)cc2)CC1. The van der Waals surface area contributed by atoms with Gasteiger partial charge in [0.1, 0.15) is 11.5 Å². The average molecular weight is 473 g/mol. The number of hydrogen-bond acceptors (Lipinski definition) is 4. The zero-order valence-electron chi connectivity index (χ0n) is 19.8. The Morgan fingerprint density at radius 1 is 0.914 bits per heavy atom. The first-order valence-corrected chi connectivity index (χ1v) is 12.6. The highest BCUT2D eigenvalue weighted by molar-refractivity contribution is 6.11. The molecule has 6 nitrogen and oxygen atoms in total. The summed E-state index contributed by atoms with van der Waals surface area (Å²) in [4.78, 5) is 38.1. The summed E-state index contributed by atoms with van der Waals surface area (Å²) < 4.78 is 13.3. The van der Waals surface area contributed by atoms with E-state index in [4.69, 9.17) is 4.98 Å². The molecule has 1 saturated carbocycles. The van der Waals surface area contributed by atoms with E-state index in [1.54, 1.807) is 12.1 Å². The van der Waals surface area contributed by atoms with Crippen LogP contribution in [0, 0.1) is 5.82 Å². The molecule has 2 aromatic carbocycles. The highest BCUT2D eigenvalue weighted by Crippen LogP contribution is 2.35. The Morgan fingerprint density at radius 3 is 2.37 bits per heavy atom. The predicted molar refractivity (Wildman–Crippen MR) is 133 cm³/mol. The van der Waals surface area contributed by atoms with Crippen LogP contribution in [-0.4, -0.2) is 58.8 Å². The number of para-hydroxylation sites is 1. The van der Waals surface area contributed by atoms with Crippen molar-refractivity contribution in [2.75, 3.05) is 31.1 Å². The molecular formula is C28H29FN4O2. The third-order valence-electron chi connectivity index (χ3n) is 7.77. The van der Waals surface area contributed by atoms with Crippen molar-refractivity contribution in [2.45, 2.75) is 44.7 Å². The normalized spacial score (nSPS) is 18.9. The van der Waals surface area contributed by atoms with E-state index in [9.17, 15) is 14.0 Å². The van der Waals surface area contributed by atoms with E-state index in [2.05, 4.69) is 4.90 Å². The Hall–Kier alpha value is -3.48. The maximum Gasteiger partial charge on any atom is 0.273 e. The number of carbonyl (C=O) groups is 2. The number of benzene rings is 2. The predicted octanol–water partition coefficient (Wildman–Crippen LogP) is 4.62. The van der Waals surface area contributed by atoms with Crippen molar-refractivity contribution in [2.24, 2.45) is 0 Å². The van der Waals surface area contributed by atoms with Gasteiger partial charge in [0.2, 0.25) is 0 Å². The molecular weight excluding hydrogens is 443 g/mol. The van der Waals surface area contributed by atoms with E-state index < -0.39 is 0 Å². The van der Waals surface area contributed by atoms with Crippen LogP contribution in [0.25, 0.3) is 10.9 Å². The van der Waals surface area contributed by atoms with Gasteiger partial charge in [-0.25, -0.2) is 9.37 Å². The van der Waals surface area contributed by atoms with Gasteiger partial charge in [-0.2, -0.15) is 0 Å². The molecule has 35 heavy (non-hydrogen) atoms. The summed E-state index contributed by atoms with van der Waals surface area (Å²) in [6.07, 6.45) is 5.55. The summed E-state index contributed by atoms with van der Waals surface area (Å²) in [7, 11) is 0. The molecule has 0 spiro atoms. The fourth-order valence-corrected chi connectivity index (χ4v) is 5.87. The fraction of sp³-hybridized carbons (Fsp3) is 0.393. The third kappa shape index (κ3) is 3.93. The Balaban J connectivity index is 1.30. The highest BCUT2D eigenvalue weighted by Gasteiger charge is 2.39. The quantitative estimate of drug-likeness (QED) is 0.558. The molecule has 1 saturated heterocycles. The molecule has 0 N–H and O–H groups in total. The van der Waals surface area contributed by atoms with Gasteiger partial charge in [0.15, 0.2) is 0 Å². The summed E-state index contributed by atoms with van der Waals surface area (Å²) >= 11 is 0. The van der Waals surface area contributed by atoms with Crippen LogP contribution in [0.4, 0.5) is 10.1 Å². The molecule has 7 heteroatoms. The first-order chi connectivity index (χ1) is 17.1. The minimum absolute atomic E-state index is 0.0306. The van der Waals surface area contributed by atoms with E-state index in [0.717, 1.165) is 42.3 Å². The second kappa shape index (κ2) is 8.95. The molecule has 2 fully saturated rings. The van der Waals surface area contributed by atoms with Crippen LogP contribution in [0.2, 0.25) is 0 Å². The van der Waals surface area contributed by atoms with Crippen molar-refractivity contribution in [1.29, 1.82) is 0 Å². The number of anilines is 1. The lowest BCUT2D eigenvalue weighted by molar-refractivity contribution is 0.0652. The Kier molecular flexibility index (Phi) is 5.63. The van der Waals surface area contributed by atoms with Gasteiger partial charge >= 0.3 is 0 Å². The van der Waals surface area contributed by atoms with Gasteiger partial charge in [-0.15, -0.1) is 0 Å². The lowest BCUT2D eigenvalue weighted by Crippen LogP contribution is -2.49. The van der Waals surface area contributed by atoms with Crippen LogP contribution in [0.15, 0.2) is 48.5 Å². The number of rotatable bonds is 3. The van der Waals surface area contributed by atoms with Gasteiger partial charge in [-0.3, -0.25) is 9.59 Å². The lowest BCUT2D eigenvalue weighted by atomic mass is 9.94. The Bertz CT molecular complexity index is 1280. The molecule has 0 unspecified atom stereocenters. The zero-order valence-corrected chi connectivity index (χ0v) is 19.8. The van der Waals surface area contributed by atoms with E-state index in [1.165, 1.54) is 18.6 Å². The fourth-order valence-electron chi connectivity index (χ4n) is 5.87. The molecule has 3 aromatic rings. The molecule has 0 radical (unpaired) electrons. The number of amides is 2. The smallest absolute Gasteiger partial charge is 0.273 e. The van der Waals surface area contributed by atoms with Gasteiger partial charge in [-0.1, -0.05) is 37.5 Å². The number of fused-ring (bicyclic) bond motifs is 2. The summed E-state index contributed by atoms with van der Waals surface area (Å²) in [6, 6.07) is 14.4. The summed E-state index contributed by atoms with van der Waals surface area (Å²) in [6.45, 7) is 2.96. The van der Waals surface area contributed by atoms with Crippen molar-refractivity contribution >= 4 is 28.4 Å². The van der Waals surface area contributed by atoms with Crippen molar-refractivity contribution < 1.29 is 14.0 Å². The minimum Gasteiger partial charge on any atom is -0.368 e. The average Bonchev–Trinajstić information content (AvgIpc) is 3.23. The van der Waals surface area contributed by atoms with Crippen molar-refractivity contribution in [3.8, 4) is 0 Å². The number of halogens is 1. The molecule has 2 amide bonds. The summed E-state index contributed by atoms with van der Waals surface area (Å²) in [5.41, 5.74) is 3.51. The summed E-state index contributed by atoms with van der Waals surface area (Å²) in [5, 5.41) is 0.815. The molecule has 3 aliphatic rings. The minimum atomic E-state index is -0.252. The van der Waals surface area contributed by atoms with Crippen LogP contribution < -0.4 is 4.90 Å². The van der Waals surface area contributed by atoms with Crippen molar-refractivity contribution in [3.05, 3.63) is 71.2 Å². The van der Waals surface area contributed by atoms with Gasteiger partial charge < -0.3 is 14.7 Å². The number of piperazine rings is 1. The first kappa shape index (κ1) is 22.0. The van der Waals surface area contributed by atoms with Crippen LogP contribution >= 0.6 is 0 Å². The number of hydrogen-bond donors (Lipinski definition) is 0. The van der Waals surface area contributed by atoms with E-state index >= 15 is 0 Å². The van der Waals surface area contributed by atoms with E-state index in [-0.39, 0.29) is 23.7 Å². The lowest BCUT2D eigenvalue weighted by Gasteiger charge is -2.36. The van der Waals surface area contributed by atoms with Crippen LogP contribution in [-0.2, 0) is 6.54 Å². The Labute approximate surface area is 204 Å². The molecule has 1 aliphatic carbocycles. The van der Waals surface area contributed by atoms with Gasteiger partial charge in [0.25, 0.3) is 11.8 Å². The van der Waals surface area contributed by atoms with E-state index in [1.807, 2.05) is 34.1 Å². The number of pyridine rings is 1. The zero-order chi connectivity index (χ0) is 23.9. The topological polar surface area (TPSA) is 56.8 Å². The second-order valence-electron chi connectivity index (χ2n) is 9.81. The van der Waals surface area contributed by atoms with Crippen molar-refractivity contribution in [1.82, 2.24) is 14.8 Å². The monoisotopic (exact) mass is 472 g/mol. The molecule has 180 valence electrons. The molecule has 1 aromatic heterocycles.